The van der Waals surface area contributed by atoms with Crippen LogP contribution in [0.5, 0.6) is 0 Å². The number of carbonyl (C=O) groups is 1. The molecule has 29 heavy (non-hydrogen) atoms. The maximum Gasteiger partial charge on any atom is 0.230 e. The van der Waals surface area contributed by atoms with E-state index in [-0.39, 0.29) is 17.7 Å². The number of amides is 1. The number of aromatic nitrogens is 3. The van der Waals surface area contributed by atoms with Crippen molar-refractivity contribution in [2.75, 3.05) is 11.1 Å². The van der Waals surface area contributed by atoms with E-state index in [4.69, 9.17) is 11.0 Å². The molecule has 2 aromatic heterocycles. The molecule has 0 saturated heterocycles. The highest BCUT2D eigenvalue weighted by molar-refractivity contribution is 6.01. The first-order valence-electron chi connectivity index (χ1n) is 9.37. The SMILES string of the molecule is Cc1cc2[nH]ncc2cc1-c1cc(N)c2cnc(NC(=O)[C@@H]3C[C@H]3C#N)cc2c1. The summed E-state index contributed by atoms with van der Waals surface area (Å²) < 4.78 is 0. The van der Waals surface area contributed by atoms with Gasteiger partial charge in [0.25, 0.3) is 0 Å². The lowest BCUT2D eigenvalue weighted by atomic mass is 9.96. The molecule has 7 heteroatoms. The van der Waals surface area contributed by atoms with Gasteiger partial charge in [0.2, 0.25) is 5.91 Å². The van der Waals surface area contributed by atoms with Crippen LogP contribution >= 0.6 is 0 Å². The zero-order chi connectivity index (χ0) is 20.1. The first-order valence-corrected chi connectivity index (χ1v) is 9.37. The highest BCUT2D eigenvalue weighted by atomic mass is 16.2. The van der Waals surface area contributed by atoms with Gasteiger partial charge in [-0.05, 0) is 65.8 Å². The van der Waals surface area contributed by atoms with Gasteiger partial charge in [-0.3, -0.25) is 9.89 Å². The van der Waals surface area contributed by atoms with E-state index in [1.54, 1.807) is 12.4 Å². The number of carbonyl (C=O) groups excluding carboxylic acids is 1. The summed E-state index contributed by atoms with van der Waals surface area (Å²) in [7, 11) is 0. The minimum Gasteiger partial charge on any atom is -0.398 e. The zero-order valence-corrected chi connectivity index (χ0v) is 15.7. The predicted octanol–water partition coefficient (Wildman–Crippen LogP) is 3.77. The Kier molecular flexibility index (Phi) is 3.74. The Morgan fingerprint density at radius 2 is 2.10 bits per heavy atom. The van der Waals surface area contributed by atoms with Crippen molar-refractivity contribution in [1.82, 2.24) is 15.2 Å². The van der Waals surface area contributed by atoms with Crippen LogP contribution in [0.1, 0.15) is 12.0 Å². The fraction of sp³-hybridized carbons (Fsp3) is 0.182. The van der Waals surface area contributed by atoms with Crippen LogP contribution in [0.4, 0.5) is 11.5 Å². The van der Waals surface area contributed by atoms with Gasteiger partial charge in [0.1, 0.15) is 5.82 Å². The fourth-order valence-corrected chi connectivity index (χ4v) is 3.77. The van der Waals surface area contributed by atoms with E-state index in [0.29, 0.717) is 17.9 Å². The summed E-state index contributed by atoms with van der Waals surface area (Å²) in [6.07, 6.45) is 4.08. The number of benzene rings is 2. The van der Waals surface area contributed by atoms with E-state index in [1.165, 1.54) is 0 Å². The monoisotopic (exact) mass is 382 g/mol. The smallest absolute Gasteiger partial charge is 0.230 e. The molecule has 1 amide bonds. The molecule has 4 N–H and O–H groups in total. The number of rotatable bonds is 3. The molecule has 2 aromatic carbocycles. The first kappa shape index (κ1) is 17.2. The summed E-state index contributed by atoms with van der Waals surface area (Å²) >= 11 is 0. The molecule has 0 spiro atoms. The Bertz CT molecular complexity index is 1330. The van der Waals surface area contributed by atoms with E-state index >= 15 is 0 Å². The summed E-state index contributed by atoms with van der Waals surface area (Å²) in [4.78, 5) is 16.6. The van der Waals surface area contributed by atoms with Gasteiger partial charge in [-0.15, -0.1) is 0 Å². The van der Waals surface area contributed by atoms with E-state index in [1.807, 2.05) is 18.2 Å². The number of pyridine rings is 1. The molecule has 0 bridgehead atoms. The molecule has 4 aromatic rings. The molecule has 5 rings (SSSR count). The number of anilines is 2. The van der Waals surface area contributed by atoms with E-state index in [0.717, 1.165) is 38.4 Å². The molecular weight excluding hydrogens is 364 g/mol. The minimum atomic E-state index is -0.238. The van der Waals surface area contributed by atoms with E-state index in [9.17, 15) is 4.79 Å². The second kappa shape index (κ2) is 6.31. The van der Waals surface area contributed by atoms with Crippen molar-refractivity contribution in [2.24, 2.45) is 11.8 Å². The van der Waals surface area contributed by atoms with Gasteiger partial charge in [0.05, 0.1) is 29.6 Å². The fourth-order valence-electron chi connectivity index (χ4n) is 3.77. The standard InChI is InChI=1S/C22H18N6O/c1-11-2-20-15(9-26-28-20)5-16(11)12-3-13-7-21(25-10-18(13)19(24)6-12)27-22(29)17-4-14(17)8-23/h2-3,5-7,9-10,14,17H,4,24H2,1H3,(H,26,28)(H,25,27,29)/t14-,17+/m0/s1. The summed E-state index contributed by atoms with van der Waals surface area (Å²) in [5.74, 6) is -0.116. The van der Waals surface area contributed by atoms with Gasteiger partial charge in [0.15, 0.2) is 0 Å². The number of nitrogens with zero attached hydrogens (tertiary/aromatic N) is 3. The minimum absolute atomic E-state index is 0.159. The van der Waals surface area contributed by atoms with E-state index < -0.39 is 0 Å². The van der Waals surface area contributed by atoms with E-state index in [2.05, 4.69) is 45.6 Å². The lowest BCUT2D eigenvalue weighted by Gasteiger charge is -2.11. The van der Waals surface area contributed by atoms with Crippen LogP contribution in [0.15, 0.2) is 42.7 Å². The zero-order valence-electron chi connectivity index (χ0n) is 15.7. The molecule has 2 heterocycles. The Hall–Kier alpha value is -3.92. The summed E-state index contributed by atoms with van der Waals surface area (Å²) in [6.45, 7) is 2.05. The molecule has 142 valence electrons. The van der Waals surface area contributed by atoms with Gasteiger partial charge in [-0.2, -0.15) is 10.4 Å². The number of aromatic amines is 1. The Balaban J connectivity index is 1.54. The maximum absolute atomic E-state index is 12.2. The number of nitrogens with one attached hydrogen (secondary N) is 2. The third kappa shape index (κ3) is 2.95. The normalized spacial score (nSPS) is 17.9. The molecule has 0 unspecified atom stereocenters. The average molecular weight is 382 g/mol. The van der Waals surface area contributed by atoms with Crippen molar-refractivity contribution in [3.63, 3.8) is 0 Å². The molecular formula is C22H18N6O. The second-order valence-electron chi connectivity index (χ2n) is 7.55. The molecule has 1 fully saturated rings. The summed E-state index contributed by atoms with van der Waals surface area (Å²) in [5.41, 5.74) is 11.1. The van der Waals surface area contributed by atoms with Crippen LogP contribution in [0, 0.1) is 30.1 Å². The average Bonchev–Trinajstić information content (AvgIpc) is 3.37. The Morgan fingerprint density at radius 3 is 2.90 bits per heavy atom. The highest BCUT2D eigenvalue weighted by Gasteiger charge is 2.43. The summed E-state index contributed by atoms with van der Waals surface area (Å²) in [5, 5.41) is 21.6. The van der Waals surface area contributed by atoms with Gasteiger partial charge < -0.3 is 11.1 Å². The van der Waals surface area contributed by atoms with Crippen molar-refractivity contribution >= 4 is 39.1 Å². The molecule has 0 aliphatic heterocycles. The third-order valence-corrected chi connectivity index (χ3v) is 5.51. The molecule has 2 atom stereocenters. The first-order chi connectivity index (χ1) is 14.0. The number of nitriles is 1. The summed E-state index contributed by atoms with van der Waals surface area (Å²) in [6, 6.07) is 12.1. The number of hydrogen-bond acceptors (Lipinski definition) is 5. The van der Waals surface area contributed by atoms with Crippen LogP contribution in [-0.2, 0) is 4.79 Å². The number of nitrogen functional groups attached to an aromatic ring is 1. The molecule has 1 aliphatic rings. The molecule has 7 nitrogen and oxygen atoms in total. The number of hydrogen-bond donors (Lipinski definition) is 3. The topological polar surface area (TPSA) is 120 Å². The number of fused-ring (bicyclic) bond motifs is 2. The molecule has 0 radical (unpaired) electrons. The molecule has 1 saturated carbocycles. The van der Waals surface area contributed by atoms with Crippen LogP contribution < -0.4 is 11.1 Å². The second-order valence-corrected chi connectivity index (χ2v) is 7.55. The Labute approximate surface area is 166 Å². The predicted molar refractivity (Wildman–Crippen MR) is 112 cm³/mol. The largest absolute Gasteiger partial charge is 0.398 e. The third-order valence-electron chi connectivity index (χ3n) is 5.51. The Morgan fingerprint density at radius 1 is 1.24 bits per heavy atom. The van der Waals surface area contributed by atoms with Crippen molar-refractivity contribution in [3.8, 4) is 17.2 Å². The van der Waals surface area contributed by atoms with Crippen LogP contribution in [0.3, 0.4) is 0 Å². The van der Waals surface area contributed by atoms with Crippen molar-refractivity contribution < 1.29 is 4.79 Å². The quantitative estimate of drug-likeness (QED) is 0.466. The number of nitrogens with two attached hydrogens (primary N) is 1. The van der Waals surface area contributed by atoms with Gasteiger partial charge in [0, 0.05) is 22.7 Å². The molecule has 1 aliphatic carbocycles. The lowest BCUT2D eigenvalue weighted by Crippen LogP contribution is -2.15. The van der Waals surface area contributed by atoms with Gasteiger partial charge >= 0.3 is 0 Å². The van der Waals surface area contributed by atoms with Crippen LogP contribution in [-0.4, -0.2) is 21.1 Å². The van der Waals surface area contributed by atoms with Crippen molar-refractivity contribution in [3.05, 3.63) is 48.3 Å². The lowest BCUT2D eigenvalue weighted by molar-refractivity contribution is -0.117. The maximum atomic E-state index is 12.2. The van der Waals surface area contributed by atoms with Crippen LogP contribution in [0.25, 0.3) is 32.8 Å². The number of H-pyrrole nitrogens is 1. The number of aryl methyl sites for hydroxylation is 1. The van der Waals surface area contributed by atoms with Gasteiger partial charge in [-0.25, -0.2) is 4.98 Å². The van der Waals surface area contributed by atoms with Gasteiger partial charge in [-0.1, -0.05) is 0 Å². The van der Waals surface area contributed by atoms with Crippen molar-refractivity contribution in [1.29, 1.82) is 5.26 Å². The van der Waals surface area contributed by atoms with Crippen LogP contribution in [0.2, 0.25) is 0 Å². The highest BCUT2D eigenvalue weighted by Crippen LogP contribution is 2.39. The van der Waals surface area contributed by atoms with Crippen molar-refractivity contribution in [2.45, 2.75) is 13.3 Å².